The van der Waals surface area contributed by atoms with Crippen molar-refractivity contribution >= 4 is 5.69 Å². The van der Waals surface area contributed by atoms with Crippen molar-refractivity contribution in [3.05, 3.63) is 29.8 Å². The molecule has 0 aromatic heterocycles. The molecule has 1 radical (unpaired) electrons. The Hall–Kier alpha value is -1.02. The topological polar surface area (TPSA) is 6.48 Å². The molecule has 1 heterocycles. The number of piperazine rings is 1. The van der Waals surface area contributed by atoms with Crippen molar-refractivity contribution in [1.82, 2.24) is 4.90 Å². The van der Waals surface area contributed by atoms with E-state index in [-0.39, 0.29) is 0 Å². The highest BCUT2D eigenvalue weighted by atomic mass is 15.2. The molecule has 0 saturated carbocycles. The van der Waals surface area contributed by atoms with Crippen molar-refractivity contribution < 1.29 is 0 Å². The van der Waals surface area contributed by atoms with Crippen LogP contribution in [0.1, 0.15) is 18.9 Å². The van der Waals surface area contributed by atoms with Crippen LogP contribution in [-0.4, -0.2) is 38.1 Å². The highest BCUT2D eigenvalue weighted by Gasteiger charge is 2.16. The van der Waals surface area contributed by atoms with E-state index in [0.717, 1.165) is 13.1 Å². The lowest BCUT2D eigenvalue weighted by Gasteiger charge is -2.35. The maximum atomic E-state index is 3.21. The quantitative estimate of drug-likeness (QED) is 0.766. The van der Waals surface area contributed by atoms with Crippen LogP contribution < -0.4 is 4.90 Å². The fourth-order valence-corrected chi connectivity index (χ4v) is 2.28. The van der Waals surface area contributed by atoms with E-state index in [1.54, 1.807) is 0 Å². The molecule has 2 nitrogen and oxygen atoms in total. The van der Waals surface area contributed by atoms with Crippen LogP contribution in [-0.2, 0) is 6.42 Å². The molecular formula is C14H21N2. The van der Waals surface area contributed by atoms with Crippen LogP contribution in [0.25, 0.3) is 0 Å². The fourth-order valence-electron chi connectivity index (χ4n) is 2.28. The number of hydrogen-bond acceptors (Lipinski definition) is 2. The highest BCUT2D eigenvalue weighted by Crippen LogP contribution is 2.22. The molecule has 0 aliphatic carbocycles. The molecule has 1 aromatic carbocycles. The zero-order valence-electron chi connectivity index (χ0n) is 10.4. The molecule has 87 valence electrons. The van der Waals surface area contributed by atoms with Crippen LogP contribution >= 0.6 is 0 Å². The largest absolute Gasteiger partial charge is 0.369 e. The number of benzene rings is 1. The molecule has 1 aliphatic heterocycles. The Morgan fingerprint density at radius 1 is 1.25 bits per heavy atom. The second kappa shape index (κ2) is 5.35. The number of nitrogens with zero attached hydrogens (tertiary/aromatic N) is 2. The van der Waals surface area contributed by atoms with E-state index in [1.165, 1.54) is 37.2 Å². The Morgan fingerprint density at radius 2 is 2.00 bits per heavy atom. The molecule has 0 amide bonds. The third-order valence-corrected chi connectivity index (χ3v) is 3.29. The van der Waals surface area contributed by atoms with Gasteiger partial charge < -0.3 is 9.80 Å². The summed E-state index contributed by atoms with van der Waals surface area (Å²) in [6, 6.07) is 9.61. The third-order valence-electron chi connectivity index (χ3n) is 3.29. The Kier molecular flexibility index (Phi) is 3.83. The van der Waals surface area contributed by atoms with Gasteiger partial charge in [0.25, 0.3) is 0 Å². The average Bonchev–Trinajstić information content (AvgIpc) is 2.32. The van der Waals surface area contributed by atoms with Crippen molar-refractivity contribution in [3.63, 3.8) is 0 Å². The summed E-state index contributed by atoms with van der Waals surface area (Å²) >= 11 is 0. The first kappa shape index (κ1) is 11.5. The van der Waals surface area contributed by atoms with E-state index in [4.69, 9.17) is 0 Å². The molecule has 0 atom stereocenters. The predicted octanol–water partition coefficient (Wildman–Crippen LogP) is 2.19. The van der Waals surface area contributed by atoms with Crippen LogP contribution in [0.4, 0.5) is 5.69 Å². The van der Waals surface area contributed by atoms with E-state index in [2.05, 4.69) is 42.0 Å². The summed E-state index contributed by atoms with van der Waals surface area (Å²) in [6.07, 6.45) is 2.39. The smallest absolute Gasteiger partial charge is 0.0405 e. The van der Waals surface area contributed by atoms with E-state index in [9.17, 15) is 0 Å². The van der Waals surface area contributed by atoms with Crippen LogP contribution in [0.15, 0.2) is 18.2 Å². The van der Waals surface area contributed by atoms with Crippen molar-refractivity contribution in [1.29, 1.82) is 0 Å². The first-order valence-corrected chi connectivity index (χ1v) is 6.23. The van der Waals surface area contributed by atoms with E-state index >= 15 is 0 Å². The molecule has 0 N–H and O–H groups in total. The fraction of sp³-hybridized carbons (Fsp3) is 0.571. The SMILES string of the molecule is CCCc1cc[c]cc1N1CCN(C)CC1. The number of rotatable bonds is 3. The molecule has 0 unspecified atom stereocenters. The summed E-state index contributed by atoms with van der Waals surface area (Å²) in [5, 5.41) is 0. The molecule has 2 heteroatoms. The standard InChI is InChI=1S/C14H21N2/c1-3-6-13-7-4-5-8-14(13)16-11-9-15(2)10-12-16/h4,7-8H,3,6,9-12H2,1-2H3. The lowest BCUT2D eigenvalue weighted by atomic mass is 10.1. The molecule has 0 spiro atoms. The van der Waals surface area contributed by atoms with Crippen LogP contribution in [0.3, 0.4) is 0 Å². The van der Waals surface area contributed by atoms with Gasteiger partial charge in [0, 0.05) is 31.9 Å². The summed E-state index contributed by atoms with van der Waals surface area (Å²) in [6.45, 7) is 6.86. The number of aryl methyl sites for hydroxylation is 1. The van der Waals surface area contributed by atoms with Gasteiger partial charge in [-0.2, -0.15) is 0 Å². The zero-order chi connectivity index (χ0) is 11.4. The Morgan fingerprint density at radius 3 is 2.69 bits per heavy atom. The van der Waals surface area contributed by atoms with Crippen molar-refractivity contribution in [3.8, 4) is 0 Å². The Balaban J connectivity index is 2.13. The molecule has 1 fully saturated rings. The van der Waals surface area contributed by atoms with Gasteiger partial charge >= 0.3 is 0 Å². The normalized spacial score (nSPS) is 17.8. The van der Waals surface area contributed by atoms with Crippen molar-refractivity contribution in [2.75, 3.05) is 38.1 Å². The van der Waals surface area contributed by atoms with Gasteiger partial charge in [-0.05, 0) is 31.2 Å². The second-order valence-electron chi connectivity index (χ2n) is 4.60. The Labute approximate surface area is 98.9 Å². The monoisotopic (exact) mass is 217 g/mol. The van der Waals surface area contributed by atoms with Gasteiger partial charge in [-0.3, -0.25) is 0 Å². The minimum absolute atomic E-state index is 1.14. The van der Waals surface area contributed by atoms with E-state index in [1.807, 2.05) is 6.07 Å². The lowest BCUT2D eigenvalue weighted by Crippen LogP contribution is -2.44. The first-order valence-electron chi connectivity index (χ1n) is 6.23. The minimum Gasteiger partial charge on any atom is -0.369 e. The van der Waals surface area contributed by atoms with E-state index in [0.29, 0.717) is 0 Å². The molecule has 1 saturated heterocycles. The van der Waals surface area contributed by atoms with Gasteiger partial charge in [0.15, 0.2) is 0 Å². The maximum absolute atomic E-state index is 3.21. The summed E-state index contributed by atoms with van der Waals surface area (Å²) in [5.74, 6) is 0. The van der Waals surface area contributed by atoms with Crippen LogP contribution in [0.2, 0.25) is 0 Å². The summed E-state index contributed by atoms with van der Waals surface area (Å²) in [4.78, 5) is 4.89. The van der Waals surface area contributed by atoms with Gasteiger partial charge in [0.05, 0.1) is 0 Å². The van der Waals surface area contributed by atoms with Gasteiger partial charge in [0.1, 0.15) is 0 Å². The highest BCUT2D eigenvalue weighted by molar-refractivity contribution is 5.53. The number of hydrogen-bond donors (Lipinski definition) is 0. The lowest BCUT2D eigenvalue weighted by molar-refractivity contribution is 0.312. The summed E-state index contributed by atoms with van der Waals surface area (Å²) in [5.41, 5.74) is 2.88. The number of anilines is 1. The third kappa shape index (κ3) is 2.56. The van der Waals surface area contributed by atoms with Crippen LogP contribution in [0.5, 0.6) is 0 Å². The summed E-state index contributed by atoms with van der Waals surface area (Å²) in [7, 11) is 2.20. The minimum atomic E-state index is 1.14. The van der Waals surface area contributed by atoms with Crippen molar-refractivity contribution in [2.45, 2.75) is 19.8 Å². The molecule has 16 heavy (non-hydrogen) atoms. The zero-order valence-corrected chi connectivity index (χ0v) is 10.4. The van der Waals surface area contributed by atoms with E-state index < -0.39 is 0 Å². The second-order valence-corrected chi connectivity index (χ2v) is 4.60. The van der Waals surface area contributed by atoms with Gasteiger partial charge in [-0.1, -0.05) is 25.5 Å². The van der Waals surface area contributed by atoms with Gasteiger partial charge in [0.2, 0.25) is 0 Å². The molecule has 1 aromatic rings. The molecule has 0 bridgehead atoms. The summed E-state index contributed by atoms with van der Waals surface area (Å²) < 4.78 is 0. The average molecular weight is 217 g/mol. The Bertz CT molecular complexity index is 327. The molecule has 2 rings (SSSR count). The van der Waals surface area contributed by atoms with Gasteiger partial charge in [-0.25, -0.2) is 0 Å². The number of likely N-dealkylation sites (N-methyl/N-ethyl adjacent to an activating group) is 1. The van der Waals surface area contributed by atoms with Gasteiger partial charge in [-0.15, -0.1) is 0 Å². The van der Waals surface area contributed by atoms with Crippen LogP contribution in [0, 0.1) is 6.07 Å². The van der Waals surface area contributed by atoms with Crippen molar-refractivity contribution in [2.24, 2.45) is 0 Å². The molecular weight excluding hydrogens is 196 g/mol. The first-order chi connectivity index (χ1) is 7.81. The maximum Gasteiger partial charge on any atom is 0.0405 e. The molecule has 1 aliphatic rings. The predicted molar refractivity (Wildman–Crippen MR) is 69.0 cm³/mol.